The lowest BCUT2D eigenvalue weighted by Gasteiger charge is -2.22. The van der Waals surface area contributed by atoms with Crippen molar-refractivity contribution in [1.29, 1.82) is 0 Å². The number of hydrogen-bond acceptors (Lipinski definition) is 4. The van der Waals surface area contributed by atoms with Gasteiger partial charge >= 0.3 is 0 Å². The van der Waals surface area contributed by atoms with Gasteiger partial charge in [0.25, 0.3) is 5.91 Å². The summed E-state index contributed by atoms with van der Waals surface area (Å²) in [7, 11) is 0. The second kappa shape index (κ2) is 7.77. The van der Waals surface area contributed by atoms with Crippen LogP contribution in [0.2, 0.25) is 0 Å². The molecule has 0 radical (unpaired) electrons. The summed E-state index contributed by atoms with van der Waals surface area (Å²) in [4.78, 5) is 18.4. The van der Waals surface area contributed by atoms with Gasteiger partial charge in [-0.2, -0.15) is 0 Å². The summed E-state index contributed by atoms with van der Waals surface area (Å²) in [6, 6.07) is 1.75. The molecule has 0 aromatic carbocycles. The van der Waals surface area contributed by atoms with E-state index in [1.807, 2.05) is 6.92 Å². The highest BCUT2D eigenvalue weighted by Gasteiger charge is 2.21. The minimum atomic E-state index is -0.0364. The van der Waals surface area contributed by atoms with Crippen molar-refractivity contribution in [1.82, 2.24) is 9.88 Å². The van der Waals surface area contributed by atoms with E-state index in [2.05, 4.69) is 16.8 Å². The Bertz CT molecular complexity index is 548. The fourth-order valence-electron chi connectivity index (χ4n) is 2.21. The Kier molecular flexibility index (Phi) is 5.73. The molecule has 1 unspecified atom stereocenters. The standard InChI is InChI=1S/C16H20N2O3/c1-13-12-18(6-4-8-21-13)16(20)15-9-14(10-17-11-15)5-2-3-7-19/h9-11,13,19H,3-4,6-8,12H2,1H3. The van der Waals surface area contributed by atoms with Crippen molar-refractivity contribution in [3.05, 3.63) is 29.6 Å². The third kappa shape index (κ3) is 4.55. The topological polar surface area (TPSA) is 62.7 Å². The minimum absolute atomic E-state index is 0.0325. The maximum atomic E-state index is 12.5. The summed E-state index contributed by atoms with van der Waals surface area (Å²) in [6.45, 7) is 3.99. The molecule has 1 fully saturated rings. The average Bonchev–Trinajstić information content (AvgIpc) is 2.72. The van der Waals surface area contributed by atoms with Gasteiger partial charge in [-0.25, -0.2) is 0 Å². The molecule has 112 valence electrons. The monoisotopic (exact) mass is 288 g/mol. The first-order chi connectivity index (χ1) is 10.2. The number of aromatic nitrogens is 1. The van der Waals surface area contributed by atoms with Crippen LogP contribution in [0.25, 0.3) is 0 Å². The molecule has 1 aliphatic rings. The fourth-order valence-corrected chi connectivity index (χ4v) is 2.21. The normalized spacial score (nSPS) is 18.6. The first kappa shape index (κ1) is 15.5. The predicted octanol–water partition coefficient (Wildman–Crippen LogP) is 1.07. The number of ether oxygens (including phenoxy) is 1. The lowest BCUT2D eigenvalue weighted by molar-refractivity contribution is 0.0562. The zero-order valence-electron chi connectivity index (χ0n) is 12.2. The molecule has 2 heterocycles. The molecule has 1 N–H and O–H groups in total. The summed E-state index contributed by atoms with van der Waals surface area (Å²) in [6.07, 6.45) is 4.50. The number of carbonyl (C=O) groups excluding carboxylic acids is 1. The summed E-state index contributed by atoms with van der Waals surface area (Å²) in [5.41, 5.74) is 1.23. The van der Waals surface area contributed by atoms with E-state index in [0.29, 0.717) is 37.2 Å². The second-order valence-corrected chi connectivity index (χ2v) is 5.02. The molecule has 1 amide bonds. The Morgan fingerprint density at radius 1 is 1.57 bits per heavy atom. The fraction of sp³-hybridized carbons (Fsp3) is 0.500. The molecule has 5 nitrogen and oxygen atoms in total. The molecule has 1 aromatic rings. The number of carbonyl (C=O) groups is 1. The Labute approximate surface area is 124 Å². The Morgan fingerprint density at radius 3 is 3.24 bits per heavy atom. The number of aliphatic hydroxyl groups excluding tert-OH is 1. The van der Waals surface area contributed by atoms with Crippen molar-refractivity contribution >= 4 is 5.91 Å². The first-order valence-corrected chi connectivity index (χ1v) is 7.16. The number of amides is 1. The number of pyridine rings is 1. The molecule has 1 atom stereocenters. The van der Waals surface area contributed by atoms with Gasteiger partial charge in [-0.3, -0.25) is 9.78 Å². The maximum absolute atomic E-state index is 12.5. The van der Waals surface area contributed by atoms with Gasteiger partial charge in [0.2, 0.25) is 0 Å². The average molecular weight is 288 g/mol. The van der Waals surface area contributed by atoms with Gasteiger partial charge in [0, 0.05) is 44.1 Å². The van der Waals surface area contributed by atoms with Crippen LogP contribution in [0.15, 0.2) is 18.5 Å². The molecule has 2 rings (SSSR count). The minimum Gasteiger partial charge on any atom is -0.395 e. The lowest BCUT2D eigenvalue weighted by Crippen LogP contribution is -2.36. The molecular weight excluding hydrogens is 268 g/mol. The third-order valence-electron chi connectivity index (χ3n) is 3.19. The molecule has 1 saturated heterocycles. The van der Waals surface area contributed by atoms with E-state index < -0.39 is 0 Å². The SMILES string of the molecule is CC1CN(C(=O)c2cncc(C#CCCO)c2)CCCO1. The number of nitrogens with zero attached hydrogens (tertiary/aromatic N) is 2. The Balaban J connectivity index is 2.11. The quantitative estimate of drug-likeness (QED) is 0.827. The summed E-state index contributed by atoms with van der Waals surface area (Å²) in [5.74, 6) is 5.69. The molecular formula is C16H20N2O3. The molecule has 1 aromatic heterocycles. The molecule has 0 spiro atoms. The predicted molar refractivity (Wildman–Crippen MR) is 78.8 cm³/mol. The zero-order valence-corrected chi connectivity index (χ0v) is 12.2. The third-order valence-corrected chi connectivity index (χ3v) is 3.19. The Morgan fingerprint density at radius 2 is 2.43 bits per heavy atom. The van der Waals surface area contributed by atoms with E-state index >= 15 is 0 Å². The molecule has 0 aliphatic carbocycles. The van der Waals surface area contributed by atoms with Crippen LogP contribution in [-0.4, -0.2) is 53.3 Å². The van der Waals surface area contributed by atoms with Crippen molar-refractivity contribution in [2.45, 2.75) is 25.9 Å². The summed E-state index contributed by atoms with van der Waals surface area (Å²) >= 11 is 0. The smallest absolute Gasteiger partial charge is 0.255 e. The van der Waals surface area contributed by atoms with Gasteiger partial charge in [-0.1, -0.05) is 11.8 Å². The highest BCUT2D eigenvalue weighted by molar-refractivity contribution is 5.94. The second-order valence-electron chi connectivity index (χ2n) is 5.02. The van der Waals surface area contributed by atoms with Gasteiger partial charge in [-0.05, 0) is 19.4 Å². The zero-order chi connectivity index (χ0) is 15.1. The van der Waals surface area contributed by atoms with Crippen LogP contribution in [0.4, 0.5) is 0 Å². The number of rotatable bonds is 2. The van der Waals surface area contributed by atoms with E-state index in [1.54, 1.807) is 23.4 Å². The highest BCUT2D eigenvalue weighted by atomic mass is 16.5. The van der Waals surface area contributed by atoms with E-state index in [-0.39, 0.29) is 18.6 Å². The molecule has 1 aliphatic heterocycles. The van der Waals surface area contributed by atoms with Gasteiger partial charge < -0.3 is 14.7 Å². The van der Waals surface area contributed by atoms with E-state index in [0.717, 1.165) is 6.42 Å². The van der Waals surface area contributed by atoms with Crippen molar-refractivity contribution in [2.75, 3.05) is 26.3 Å². The molecule has 0 saturated carbocycles. The van der Waals surface area contributed by atoms with Crippen LogP contribution in [0.3, 0.4) is 0 Å². The van der Waals surface area contributed by atoms with Gasteiger partial charge in [0.1, 0.15) is 0 Å². The van der Waals surface area contributed by atoms with Gasteiger partial charge in [0.15, 0.2) is 0 Å². The summed E-state index contributed by atoms with van der Waals surface area (Å²) < 4.78 is 5.55. The molecule has 5 heteroatoms. The van der Waals surface area contributed by atoms with Crippen LogP contribution >= 0.6 is 0 Å². The lowest BCUT2D eigenvalue weighted by atomic mass is 10.1. The van der Waals surface area contributed by atoms with Crippen molar-refractivity contribution in [2.24, 2.45) is 0 Å². The number of aliphatic hydroxyl groups is 1. The van der Waals surface area contributed by atoms with E-state index in [9.17, 15) is 4.79 Å². The van der Waals surface area contributed by atoms with Crippen LogP contribution < -0.4 is 0 Å². The van der Waals surface area contributed by atoms with Crippen LogP contribution in [0, 0.1) is 11.8 Å². The first-order valence-electron chi connectivity index (χ1n) is 7.16. The Hall–Kier alpha value is -1.90. The van der Waals surface area contributed by atoms with Gasteiger partial charge in [0.05, 0.1) is 18.3 Å². The van der Waals surface area contributed by atoms with Crippen molar-refractivity contribution in [3.8, 4) is 11.8 Å². The van der Waals surface area contributed by atoms with Crippen LogP contribution in [0.5, 0.6) is 0 Å². The van der Waals surface area contributed by atoms with Crippen LogP contribution in [0.1, 0.15) is 35.7 Å². The van der Waals surface area contributed by atoms with Gasteiger partial charge in [-0.15, -0.1) is 0 Å². The van der Waals surface area contributed by atoms with Crippen LogP contribution in [-0.2, 0) is 4.74 Å². The van der Waals surface area contributed by atoms with E-state index in [4.69, 9.17) is 9.84 Å². The number of hydrogen-bond donors (Lipinski definition) is 1. The van der Waals surface area contributed by atoms with E-state index in [1.165, 1.54) is 0 Å². The largest absolute Gasteiger partial charge is 0.395 e. The van der Waals surface area contributed by atoms with Crippen molar-refractivity contribution < 1.29 is 14.6 Å². The van der Waals surface area contributed by atoms with Crippen molar-refractivity contribution in [3.63, 3.8) is 0 Å². The summed E-state index contributed by atoms with van der Waals surface area (Å²) in [5, 5.41) is 8.72. The molecule has 0 bridgehead atoms. The highest BCUT2D eigenvalue weighted by Crippen LogP contribution is 2.11. The molecule has 21 heavy (non-hydrogen) atoms. The maximum Gasteiger partial charge on any atom is 0.255 e.